The number of amides is 1. The lowest BCUT2D eigenvalue weighted by Crippen LogP contribution is -2.31. The van der Waals surface area contributed by atoms with Crippen molar-refractivity contribution in [2.75, 3.05) is 13.2 Å². The quantitative estimate of drug-likeness (QED) is 0.162. The van der Waals surface area contributed by atoms with Crippen molar-refractivity contribution in [3.63, 3.8) is 0 Å². The number of ether oxygens (including phenoxy) is 1. The van der Waals surface area contributed by atoms with Gasteiger partial charge in [0, 0.05) is 46.7 Å². The highest BCUT2D eigenvalue weighted by atomic mass is 32.1. The molecule has 1 amide bonds. The van der Waals surface area contributed by atoms with Crippen LogP contribution < -0.4 is 4.74 Å². The van der Waals surface area contributed by atoms with Gasteiger partial charge in [-0.3, -0.25) is 9.59 Å². The number of Topliss-reactive ketones (excluding diaryl/α,β-unsaturated/α-hetero) is 1. The molecule has 0 radical (unpaired) electrons. The first-order chi connectivity index (χ1) is 18.6. The highest BCUT2D eigenvalue weighted by molar-refractivity contribution is 7.10. The molecule has 1 unspecified atom stereocenters. The summed E-state index contributed by atoms with van der Waals surface area (Å²) < 4.78 is 7.92. The van der Waals surface area contributed by atoms with Gasteiger partial charge in [-0.15, -0.1) is 11.3 Å². The average Bonchev–Trinajstić information content (AvgIpc) is 3.61. The summed E-state index contributed by atoms with van der Waals surface area (Å²) >= 11 is 1.47. The van der Waals surface area contributed by atoms with E-state index in [1.165, 1.54) is 11.3 Å². The van der Waals surface area contributed by atoms with Crippen molar-refractivity contribution in [3.05, 3.63) is 93.3 Å². The minimum Gasteiger partial charge on any atom is -0.507 e. The Kier molecular flexibility index (Phi) is 7.12. The Labute approximate surface area is 233 Å². The third-order valence-electron chi connectivity index (χ3n) is 7.32. The van der Waals surface area contributed by atoms with Gasteiger partial charge in [-0.25, -0.2) is 0 Å². The van der Waals surface area contributed by atoms with Gasteiger partial charge in [0.05, 0.1) is 18.2 Å². The van der Waals surface area contributed by atoms with Gasteiger partial charge in [0.15, 0.2) is 0 Å². The van der Waals surface area contributed by atoms with Crippen molar-refractivity contribution in [1.29, 1.82) is 0 Å². The molecular weight excluding hydrogens is 508 g/mol. The number of aromatic nitrogens is 1. The molecule has 1 fully saturated rings. The Morgan fingerprint density at radius 3 is 2.54 bits per heavy atom. The van der Waals surface area contributed by atoms with Crippen molar-refractivity contribution in [2.24, 2.45) is 7.05 Å². The summed E-state index contributed by atoms with van der Waals surface area (Å²) in [4.78, 5) is 29.4. The normalized spacial score (nSPS) is 17.4. The lowest BCUT2D eigenvalue weighted by atomic mass is 9.84. The monoisotopic (exact) mass is 542 g/mol. The molecule has 0 spiro atoms. The molecule has 202 valence electrons. The Morgan fingerprint density at radius 2 is 1.85 bits per heavy atom. The number of carbonyl (C=O) groups excluding carboxylic acids is 2. The van der Waals surface area contributed by atoms with Crippen LogP contribution in [0.2, 0.25) is 0 Å². The zero-order valence-corrected chi connectivity index (χ0v) is 23.8. The van der Waals surface area contributed by atoms with Gasteiger partial charge >= 0.3 is 0 Å². The fourth-order valence-electron chi connectivity index (χ4n) is 5.42. The van der Waals surface area contributed by atoms with Gasteiger partial charge in [-0.05, 0) is 60.0 Å². The lowest BCUT2D eigenvalue weighted by Gasteiger charge is -2.25. The first-order valence-corrected chi connectivity index (χ1v) is 14.1. The minimum absolute atomic E-state index is 0.129. The SMILES string of the molecule is CCOc1ccc(/C(O)=C2/C(=O)C(=O)N(CCc3cn(C)c4ccccc34)C2c2cccs2)cc1C(C)(C)C. The highest BCUT2D eigenvalue weighted by Gasteiger charge is 2.46. The van der Waals surface area contributed by atoms with Crippen molar-refractivity contribution in [3.8, 4) is 5.75 Å². The van der Waals surface area contributed by atoms with Crippen LogP contribution in [0.1, 0.15) is 55.3 Å². The smallest absolute Gasteiger partial charge is 0.295 e. The number of aryl methyl sites for hydroxylation is 1. The van der Waals surface area contributed by atoms with Crippen molar-refractivity contribution < 1.29 is 19.4 Å². The van der Waals surface area contributed by atoms with E-state index in [1.807, 2.05) is 55.7 Å². The summed E-state index contributed by atoms with van der Waals surface area (Å²) in [5, 5.41) is 14.6. The van der Waals surface area contributed by atoms with E-state index in [-0.39, 0.29) is 16.7 Å². The molecule has 7 heteroatoms. The second-order valence-electron chi connectivity index (χ2n) is 10.9. The Hall–Kier alpha value is -3.84. The molecule has 3 heterocycles. The maximum atomic E-state index is 13.5. The number of fused-ring (bicyclic) bond motifs is 1. The molecule has 2 aromatic heterocycles. The van der Waals surface area contributed by atoms with Crippen molar-refractivity contribution in [2.45, 2.75) is 45.6 Å². The summed E-state index contributed by atoms with van der Waals surface area (Å²) in [7, 11) is 2.01. The lowest BCUT2D eigenvalue weighted by molar-refractivity contribution is -0.139. The van der Waals surface area contributed by atoms with Crippen molar-refractivity contribution in [1.82, 2.24) is 9.47 Å². The minimum atomic E-state index is -0.657. The number of rotatable bonds is 7. The Balaban J connectivity index is 1.56. The van der Waals surface area contributed by atoms with E-state index in [1.54, 1.807) is 11.0 Å². The molecule has 1 aliphatic rings. The number of likely N-dealkylation sites (tertiary alicyclic amines) is 1. The maximum absolute atomic E-state index is 13.5. The van der Waals surface area contributed by atoms with Crippen LogP contribution in [0.15, 0.2) is 71.7 Å². The number of benzene rings is 2. The largest absolute Gasteiger partial charge is 0.507 e. The van der Waals surface area contributed by atoms with Gasteiger partial charge in [-0.1, -0.05) is 45.0 Å². The number of para-hydroxylation sites is 1. The van der Waals surface area contributed by atoms with Crippen LogP contribution in [0, 0.1) is 0 Å². The van der Waals surface area contributed by atoms with Crippen LogP contribution in [0.3, 0.4) is 0 Å². The number of nitrogens with zero attached hydrogens (tertiary/aromatic N) is 2. The summed E-state index contributed by atoms with van der Waals surface area (Å²) in [6.07, 6.45) is 2.67. The fraction of sp³-hybridized carbons (Fsp3) is 0.312. The summed E-state index contributed by atoms with van der Waals surface area (Å²) in [5.74, 6) is -0.660. The number of aliphatic hydroxyl groups excluding tert-OH is 1. The molecule has 0 bridgehead atoms. The van der Waals surface area contributed by atoms with Crippen LogP contribution in [0.25, 0.3) is 16.7 Å². The summed E-state index contributed by atoms with van der Waals surface area (Å²) in [6, 6.07) is 16.8. The van der Waals surface area contributed by atoms with Gasteiger partial charge in [0.1, 0.15) is 11.5 Å². The predicted molar refractivity (Wildman–Crippen MR) is 156 cm³/mol. The molecule has 0 aliphatic carbocycles. The summed E-state index contributed by atoms with van der Waals surface area (Å²) in [6.45, 7) is 9.04. The number of aliphatic hydroxyl groups is 1. The molecule has 2 aromatic carbocycles. The van der Waals surface area contributed by atoms with Crippen LogP contribution >= 0.6 is 11.3 Å². The second kappa shape index (κ2) is 10.4. The Morgan fingerprint density at radius 1 is 1.08 bits per heavy atom. The number of carbonyl (C=O) groups is 2. The van der Waals surface area contributed by atoms with E-state index in [0.29, 0.717) is 25.1 Å². The highest BCUT2D eigenvalue weighted by Crippen LogP contribution is 2.42. The first-order valence-electron chi connectivity index (χ1n) is 13.2. The van der Waals surface area contributed by atoms with Gasteiger partial charge in [0.2, 0.25) is 0 Å². The zero-order chi connectivity index (χ0) is 27.9. The zero-order valence-electron chi connectivity index (χ0n) is 23.0. The van der Waals surface area contributed by atoms with Gasteiger partial charge in [0.25, 0.3) is 11.7 Å². The predicted octanol–water partition coefficient (Wildman–Crippen LogP) is 6.60. The van der Waals surface area contributed by atoms with Gasteiger partial charge < -0.3 is 19.3 Å². The van der Waals surface area contributed by atoms with Crippen LogP contribution in [-0.2, 0) is 28.5 Å². The molecular formula is C32H34N2O4S. The topological polar surface area (TPSA) is 71.8 Å². The molecule has 5 rings (SSSR count). The molecule has 0 saturated carbocycles. The molecule has 1 N–H and O–H groups in total. The van der Waals surface area contributed by atoms with E-state index in [4.69, 9.17) is 4.74 Å². The molecule has 4 aromatic rings. The van der Waals surface area contributed by atoms with Crippen LogP contribution in [-0.4, -0.2) is 39.4 Å². The van der Waals surface area contributed by atoms with E-state index >= 15 is 0 Å². The van der Waals surface area contributed by atoms with Gasteiger partial charge in [-0.2, -0.15) is 0 Å². The third-order valence-corrected chi connectivity index (χ3v) is 8.24. The molecule has 39 heavy (non-hydrogen) atoms. The standard InChI is InChI=1S/C32H34N2O4S/c1-6-38-25-14-13-20(18-23(25)32(2,3)4)29(35)27-28(26-12-9-17-39-26)34(31(37)30(27)36)16-15-21-19-33(5)24-11-8-7-10-22(21)24/h7-14,17-19,28,35H,6,15-16H2,1-5H3/b29-27-. The van der Waals surface area contributed by atoms with Crippen molar-refractivity contribution >= 4 is 39.7 Å². The first kappa shape index (κ1) is 26.8. The third kappa shape index (κ3) is 4.87. The fourth-order valence-corrected chi connectivity index (χ4v) is 6.26. The maximum Gasteiger partial charge on any atom is 0.295 e. The number of thiophene rings is 1. The van der Waals surface area contributed by atoms with E-state index in [0.717, 1.165) is 32.7 Å². The van der Waals surface area contributed by atoms with Crippen LogP contribution in [0.4, 0.5) is 0 Å². The number of hydrogen-bond donors (Lipinski definition) is 1. The average molecular weight is 543 g/mol. The van der Waals surface area contributed by atoms with E-state index in [9.17, 15) is 14.7 Å². The molecule has 1 aliphatic heterocycles. The molecule has 6 nitrogen and oxygen atoms in total. The summed E-state index contributed by atoms with van der Waals surface area (Å²) in [5.41, 5.74) is 3.53. The Bertz CT molecular complexity index is 1570. The molecule has 1 saturated heterocycles. The number of ketones is 1. The van der Waals surface area contributed by atoms with E-state index < -0.39 is 17.7 Å². The van der Waals surface area contributed by atoms with E-state index in [2.05, 4.69) is 43.7 Å². The molecule has 1 atom stereocenters. The number of hydrogen-bond acceptors (Lipinski definition) is 5. The second-order valence-corrected chi connectivity index (χ2v) is 11.9. The van der Waals surface area contributed by atoms with Crippen LogP contribution in [0.5, 0.6) is 5.75 Å².